The first-order valence-corrected chi connectivity index (χ1v) is 7.15. The van der Waals surface area contributed by atoms with Gasteiger partial charge in [0, 0.05) is 10.9 Å². The summed E-state index contributed by atoms with van der Waals surface area (Å²) < 4.78 is 42.1. The predicted octanol–water partition coefficient (Wildman–Crippen LogP) is 3.14. The lowest BCUT2D eigenvalue weighted by Crippen LogP contribution is -2.17. The maximum absolute atomic E-state index is 12.4. The molecule has 0 aliphatic rings. The third kappa shape index (κ3) is 2.80. The Morgan fingerprint density at radius 3 is 2.68 bits per heavy atom. The molecule has 126 valence electrons. The Morgan fingerprint density at radius 2 is 1.88 bits per heavy atom. The molecule has 25 heavy (non-hydrogen) atoms. The van der Waals surface area contributed by atoms with Crippen LogP contribution in [0.5, 0.6) is 5.75 Å². The molecular weight excluding hydrogens is 337 g/mol. The number of nitrogens with zero attached hydrogens (tertiary/aromatic N) is 3. The molecular formula is C16H9F3N4O2. The Morgan fingerprint density at radius 1 is 1.08 bits per heavy atom. The lowest BCUT2D eigenvalue weighted by Gasteiger charge is -2.08. The van der Waals surface area contributed by atoms with Gasteiger partial charge in [0.1, 0.15) is 5.75 Å². The van der Waals surface area contributed by atoms with Crippen molar-refractivity contribution in [1.29, 1.82) is 0 Å². The first-order chi connectivity index (χ1) is 11.9. The molecule has 2 aromatic heterocycles. The van der Waals surface area contributed by atoms with E-state index in [2.05, 4.69) is 19.8 Å². The van der Waals surface area contributed by atoms with E-state index >= 15 is 0 Å². The van der Waals surface area contributed by atoms with Crippen LogP contribution in [0.2, 0.25) is 0 Å². The average Bonchev–Trinajstić information content (AvgIpc) is 3.00. The second-order valence-electron chi connectivity index (χ2n) is 5.22. The van der Waals surface area contributed by atoms with Crippen molar-refractivity contribution in [2.45, 2.75) is 6.36 Å². The molecule has 0 bridgehead atoms. The Bertz CT molecular complexity index is 1150. The number of ether oxygens (including phenoxy) is 1. The summed E-state index contributed by atoms with van der Waals surface area (Å²) in [6.07, 6.45) is -4.79. The number of hydrogen-bond acceptors (Lipinski definition) is 4. The highest BCUT2D eigenvalue weighted by Gasteiger charge is 2.31. The second kappa shape index (κ2) is 5.33. The van der Waals surface area contributed by atoms with Crippen molar-refractivity contribution in [3.05, 3.63) is 59.0 Å². The zero-order valence-corrected chi connectivity index (χ0v) is 12.4. The van der Waals surface area contributed by atoms with Gasteiger partial charge in [-0.25, -0.2) is 9.78 Å². The lowest BCUT2D eigenvalue weighted by atomic mass is 10.2. The number of halogens is 3. The van der Waals surface area contributed by atoms with Gasteiger partial charge in [0.05, 0.1) is 5.52 Å². The van der Waals surface area contributed by atoms with Crippen molar-refractivity contribution < 1.29 is 17.9 Å². The van der Waals surface area contributed by atoms with Crippen LogP contribution in [-0.2, 0) is 0 Å². The second-order valence-corrected chi connectivity index (χ2v) is 5.22. The molecule has 0 saturated carbocycles. The topological polar surface area (TPSA) is 72.3 Å². The van der Waals surface area contributed by atoms with Gasteiger partial charge in [-0.3, -0.25) is 0 Å². The monoisotopic (exact) mass is 346 g/mol. The fourth-order valence-corrected chi connectivity index (χ4v) is 2.54. The van der Waals surface area contributed by atoms with Crippen molar-refractivity contribution >= 4 is 16.6 Å². The molecule has 2 heterocycles. The minimum Gasteiger partial charge on any atom is -0.406 e. The Labute approximate surface area is 137 Å². The van der Waals surface area contributed by atoms with Crippen LogP contribution >= 0.6 is 0 Å². The van der Waals surface area contributed by atoms with Crippen LogP contribution in [0, 0.1) is 0 Å². The van der Waals surface area contributed by atoms with Crippen LogP contribution < -0.4 is 10.4 Å². The van der Waals surface area contributed by atoms with Gasteiger partial charge >= 0.3 is 12.1 Å². The minimum absolute atomic E-state index is 0.120. The Hall–Kier alpha value is -3.36. The van der Waals surface area contributed by atoms with E-state index in [1.54, 1.807) is 24.3 Å². The number of H-pyrrole nitrogens is 1. The molecule has 0 fully saturated rings. The molecule has 0 saturated heterocycles. The van der Waals surface area contributed by atoms with Crippen LogP contribution in [0.15, 0.2) is 53.3 Å². The lowest BCUT2D eigenvalue weighted by molar-refractivity contribution is -0.274. The molecule has 0 aliphatic carbocycles. The van der Waals surface area contributed by atoms with Crippen LogP contribution in [0.4, 0.5) is 13.2 Å². The van der Waals surface area contributed by atoms with Crippen molar-refractivity contribution in [2.75, 3.05) is 0 Å². The summed E-state index contributed by atoms with van der Waals surface area (Å²) in [5, 5.41) is 4.77. The number of rotatable bonds is 2. The number of para-hydroxylation sites is 1. The third-order valence-corrected chi connectivity index (χ3v) is 3.53. The average molecular weight is 346 g/mol. The summed E-state index contributed by atoms with van der Waals surface area (Å²) in [7, 11) is 0. The van der Waals surface area contributed by atoms with Gasteiger partial charge in [0.25, 0.3) is 0 Å². The molecule has 0 unspecified atom stereocenters. The van der Waals surface area contributed by atoms with Gasteiger partial charge in [0.15, 0.2) is 11.5 Å². The van der Waals surface area contributed by atoms with Crippen LogP contribution in [0.25, 0.3) is 27.9 Å². The van der Waals surface area contributed by atoms with E-state index in [1.165, 1.54) is 24.3 Å². The fourth-order valence-electron chi connectivity index (χ4n) is 2.54. The molecule has 0 spiro atoms. The molecule has 1 N–H and O–H groups in total. The SMILES string of the molecule is O=c1[nH]c2ccccc2c2nc(-c3cccc(OC(F)(F)F)c3)nn12. The molecule has 0 atom stereocenters. The summed E-state index contributed by atoms with van der Waals surface area (Å²) in [4.78, 5) is 19.1. The van der Waals surface area contributed by atoms with Gasteiger partial charge in [-0.15, -0.1) is 18.3 Å². The number of benzene rings is 2. The number of fused-ring (bicyclic) bond motifs is 3. The number of aromatic amines is 1. The molecule has 6 nitrogen and oxygen atoms in total. The number of aromatic nitrogens is 4. The van der Waals surface area contributed by atoms with E-state index in [1.807, 2.05) is 0 Å². The van der Waals surface area contributed by atoms with Gasteiger partial charge in [0.2, 0.25) is 0 Å². The smallest absolute Gasteiger partial charge is 0.406 e. The van der Waals surface area contributed by atoms with Crippen molar-refractivity contribution in [2.24, 2.45) is 0 Å². The highest BCUT2D eigenvalue weighted by Crippen LogP contribution is 2.27. The third-order valence-electron chi connectivity index (χ3n) is 3.53. The van der Waals surface area contributed by atoms with Gasteiger partial charge in [-0.05, 0) is 24.3 Å². The van der Waals surface area contributed by atoms with Crippen LogP contribution in [0.1, 0.15) is 0 Å². The van der Waals surface area contributed by atoms with Gasteiger partial charge in [-0.1, -0.05) is 24.3 Å². The van der Waals surface area contributed by atoms with E-state index in [-0.39, 0.29) is 11.6 Å². The van der Waals surface area contributed by atoms with E-state index < -0.39 is 12.1 Å². The molecule has 0 amide bonds. The quantitative estimate of drug-likeness (QED) is 0.605. The fraction of sp³-hybridized carbons (Fsp3) is 0.0625. The molecule has 9 heteroatoms. The molecule has 0 radical (unpaired) electrons. The maximum atomic E-state index is 12.4. The zero-order chi connectivity index (χ0) is 17.6. The standard InChI is InChI=1S/C16H9F3N4O2/c17-16(18,19)25-10-5-3-4-9(8-10)13-21-14-11-6-1-2-7-12(11)20-15(24)23(14)22-13/h1-8H,(H,20,24). The summed E-state index contributed by atoms with van der Waals surface area (Å²) in [5.74, 6) is -0.267. The maximum Gasteiger partial charge on any atom is 0.573 e. The number of hydrogen-bond donors (Lipinski definition) is 1. The molecule has 4 aromatic rings. The molecule has 2 aromatic carbocycles. The summed E-state index contributed by atoms with van der Waals surface area (Å²) >= 11 is 0. The summed E-state index contributed by atoms with van der Waals surface area (Å²) in [6, 6.07) is 12.3. The molecule has 0 aliphatic heterocycles. The Kier molecular flexibility index (Phi) is 3.24. The summed E-state index contributed by atoms with van der Waals surface area (Å²) in [6.45, 7) is 0. The molecule has 4 rings (SSSR count). The van der Waals surface area contributed by atoms with Crippen LogP contribution in [-0.4, -0.2) is 25.9 Å². The first kappa shape index (κ1) is 15.2. The predicted molar refractivity (Wildman–Crippen MR) is 83.2 cm³/mol. The highest BCUT2D eigenvalue weighted by atomic mass is 19.4. The van der Waals surface area contributed by atoms with Crippen molar-refractivity contribution in [1.82, 2.24) is 19.6 Å². The van der Waals surface area contributed by atoms with E-state index in [0.717, 1.165) is 4.52 Å². The van der Waals surface area contributed by atoms with E-state index in [9.17, 15) is 18.0 Å². The van der Waals surface area contributed by atoms with Gasteiger partial charge < -0.3 is 9.72 Å². The highest BCUT2D eigenvalue weighted by molar-refractivity contribution is 5.91. The largest absolute Gasteiger partial charge is 0.573 e. The Balaban J connectivity index is 1.88. The number of nitrogens with one attached hydrogen (secondary N) is 1. The van der Waals surface area contributed by atoms with E-state index in [0.29, 0.717) is 22.1 Å². The minimum atomic E-state index is -4.79. The normalized spacial score (nSPS) is 12.0. The zero-order valence-electron chi connectivity index (χ0n) is 12.4. The van der Waals surface area contributed by atoms with Crippen molar-refractivity contribution in [3.8, 4) is 17.1 Å². The van der Waals surface area contributed by atoms with E-state index in [4.69, 9.17) is 0 Å². The first-order valence-electron chi connectivity index (χ1n) is 7.15. The van der Waals surface area contributed by atoms with Crippen molar-refractivity contribution in [3.63, 3.8) is 0 Å². The number of alkyl halides is 3. The van der Waals surface area contributed by atoms with Gasteiger partial charge in [-0.2, -0.15) is 4.52 Å². The van der Waals surface area contributed by atoms with Crippen LogP contribution in [0.3, 0.4) is 0 Å². The summed E-state index contributed by atoms with van der Waals surface area (Å²) in [5.41, 5.74) is 0.716.